The van der Waals surface area contributed by atoms with Gasteiger partial charge in [0.2, 0.25) is 0 Å². The van der Waals surface area contributed by atoms with E-state index in [2.05, 4.69) is 0 Å². The van der Waals surface area contributed by atoms with Crippen LogP contribution in [0.25, 0.3) is 0 Å². The van der Waals surface area contributed by atoms with Crippen LogP contribution in [0.4, 0.5) is 0 Å². The normalized spacial score (nSPS) is 39.5. The smallest absolute Gasteiger partial charge is 0.0686 e. The van der Waals surface area contributed by atoms with E-state index >= 15 is 0 Å². The molecule has 0 saturated heterocycles. The van der Waals surface area contributed by atoms with E-state index in [4.69, 9.17) is 11.5 Å². The highest BCUT2D eigenvalue weighted by Gasteiger charge is 2.36. The Hall–Kier alpha value is -0.120. The molecule has 5 N–H and O–H groups in total. The van der Waals surface area contributed by atoms with Gasteiger partial charge in [0, 0.05) is 6.04 Å². The minimum absolute atomic E-state index is 0.199. The van der Waals surface area contributed by atoms with Crippen molar-refractivity contribution in [3.63, 3.8) is 0 Å². The second-order valence-corrected chi connectivity index (χ2v) is 4.08. The highest BCUT2D eigenvalue weighted by Crippen LogP contribution is 2.33. The standard InChI is InChI=1S/C9H20N2O/c1-7(6-10)9(12)4-2-8(11)3-5-9/h7-8,12H,2-6,10-11H2,1H3. The molecule has 1 atom stereocenters. The van der Waals surface area contributed by atoms with E-state index in [0.717, 1.165) is 25.7 Å². The molecule has 1 saturated carbocycles. The summed E-state index contributed by atoms with van der Waals surface area (Å²) in [6.45, 7) is 2.57. The third-order valence-corrected chi connectivity index (χ3v) is 3.17. The largest absolute Gasteiger partial charge is 0.390 e. The van der Waals surface area contributed by atoms with Gasteiger partial charge < -0.3 is 16.6 Å². The van der Waals surface area contributed by atoms with Gasteiger partial charge in [0.05, 0.1) is 5.60 Å². The quantitative estimate of drug-likeness (QED) is 0.557. The molecule has 12 heavy (non-hydrogen) atoms. The first-order valence-corrected chi connectivity index (χ1v) is 4.76. The van der Waals surface area contributed by atoms with E-state index in [1.54, 1.807) is 0 Å². The summed E-state index contributed by atoms with van der Waals surface area (Å²) in [6, 6.07) is 0.287. The number of rotatable bonds is 2. The molecule has 0 aromatic rings. The van der Waals surface area contributed by atoms with Crippen molar-refractivity contribution in [2.45, 2.75) is 44.2 Å². The van der Waals surface area contributed by atoms with Crippen molar-refractivity contribution in [2.75, 3.05) is 6.54 Å². The van der Waals surface area contributed by atoms with Crippen LogP contribution < -0.4 is 11.5 Å². The molecule has 0 spiro atoms. The number of nitrogens with two attached hydrogens (primary N) is 2. The molecule has 0 radical (unpaired) electrons. The van der Waals surface area contributed by atoms with Crippen LogP contribution >= 0.6 is 0 Å². The van der Waals surface area contributed by atoms with Gasteiger partial charge in [-0.1, -0.05) is 6.92 Å². The maximum atomic E-state index is 10.1. The van der Waals surface area contributed by atoms with Crippen LogP contribution in [0.3, 0.4) is 0 Å². The van der Waals surface area contributed by atoms with E-state index in [1.165, 1.54) is 0 Å². The highest BCUT2D eigenvalue weighted by molar-refractivity contribution is 4.90. The molecule has 0 heterocycles. The third kappa shape index (κ3) is 1.97. The molecule has 3 heteroatoms. The Morgan fingerprint density at radius 2 is 2.00 bits per heavy atom. The van der Waals surface area contributed by atoms with E-state index in [9.17, 15) is 5.11 Å². The zero-order chi connectivity index (χ0) is 9.19. The zero-order valence-electron chi connectivity index (χ0n) is 7.79. The topological polar surface area (TPSA) is 72.3 Å². The molecule has 0 bridgehead atoms. The first-order valence-electron chi connectivity index (χ1n) is 4.76. The fraction of sp³-hybridized carbons (Fsp3) is 1.00. The van der Waals surface area contributed by atoms with Gasteiger partial charge in [-0.05, 0) is 38.1 Å². The average molecular weight is 172 g/mol. The molecular formula is C9H20N2O. The maximum absolute atomic E-state index is 10.1. The Labute approximate surface area is 74.1 Å². The second-order valence-electron chi connectivity index (χ2n) is 4.08. The van der Waals surface area contributed by atoms with E-state index in [-0.39, 0.29) is 12.0 Å². The molecule has 0 amide bonds. The molecule has 0 aliphatic heterocycles. The van der Waals surface area contributed by atoms with Crippen LogP contribution in [0, 0.1) is 5.92 Å². The van der Waals surface area contributed by atoms with Crippen molar-refractivity contribution < 1.29 is 5.11 Å². The van der Waals surface area contributed by atoms with Crippen LogP contribution in [0.5, 0.6) is 0 Å². The SMILES string of the molecule is CC(CN)C1(O)CCC(N)CC1. The van der Waals surface area contributed by atoms with E-state index < -0.39 is 5.60 Å². The molecule has 72 valence electrons. The van der Waals surface area contributed by atoms with Gasteiger partial charge in [0.15, 0.2) is 0 Å². The van der Waals surface area contributed by atoms with Crippen LogP contribution in [-0.4, -0.2) is 23.3 Å². The Bertz CT molecular complexity index is 141. The van der Waals surface area contributed by atoms with Gasteiger partial charge in [-0.3, -0.25) is 0 Å². The molecule has 0 aromatic carbocycles. The van der Waals surface area contributed by atoms with Crippen LogP contribution in [0.15, 0.2) is 0 Å². The maximum Gasteiger partial charge on any atom is 0.0686 e. The number of hydrogen-bond donors (Lipinski definition) is 3. The van der Waals surface area contributed by atoms with Crippen molar-refractivity contribution >= 4 is 0 Å². The molecule has 1 aliphatic rings. The minimum atomic E-state index is -0.537. The summed E-state index contributed by atoms with van der Waals surface area (Å²) in [4.78, 5) is 0. The van der Waals surface area contributed by atoms with Crippen molar-refractivity contribution in [3.05, 3.63) is 0 Å². The lowest BCUT2D eigenvalue weighted by molar-refractivity contribution is -0.0432. The second kappa shape index (κ2) is 3.73. The van der Waals surface area contributed by atoms with Gasteiger partial charge in [-0.25, -0.2) is 0 Å². The van der Waals surface area contributed by atoms with Crippen LogP contribution in [0.2, 0.25) is 0 Å². The summed E-state index contributed by atoms with van der Waals surface area (Å²) < 4.78 is 0. The Balaban J connectivity index is 2.49. The van der Waals surface area contributed by atoms with Gasteiger partial charge in [-0.15, -0.1) is 0 Å². The molecule has 1 aliphatic carbocycles. The molecule has 1 fully saturated rings. The first-order chi connectivity index (χ1) is 5.58. The molecular weight excluding hydrogens is 152 g/mol. The Kier molecular flexibility index (Phi) is 3.09. The lowest BCUT2D eigenvalue weighted by Crippen LogP contribution is -2.45. The molecule has 3 nitrogen and oxygen atoms in total. The molecule has 1 unspecified atom stereocenters. The average Bonchev–Trinajstić information content (AvgIpc) is 2.09. The van der Waals surface area contributed by atoms with Crippen LogP contribution in [-0.2, 0) is 0 Å². The summed E-state index contributed by atoms with van der Waals surface area (Å²) in [5.74, 6) is 0.199. The predicted molar refractivity (Wildman–Crippen MR) is 49.6 cm³/mol. The minimum Gasteiger partial charge on any atom is -0.390 e. The van der Waals surface area contributed by atoms with Gasteiger partial charge in [-0.2, -0.15) is 0 Å². The van der Waals surface area contributed by atoms with E-state index in [0.29, 0.717) is 6.54 Å². The Morgan fingerprint density at radius 3 is 2.42 bits per heavy atom. The third-order valence-electron chi connectivity index (χ3n) is 3.17. The Morgan fingerprint density at radius 1 is 1.50 bits per heavy atom. The zero-order valence-corrected chi connectivity index (χ0v) is 7.79. The lowest BCUT2D eigenvalue weighted by Gasteiger charge is -2.39. The van der Waals surface area contributed by atoms with E-state index in [1.807, 2.05) is 6.92 Å². The fourth-order valence-electron chi connectivity index (χ4n) is 1.85. The number of hydrogen-bond acceptors (Lipinski definition) is 3. The van der Waals surface area contributed by atoms with Gasteiger partial charge in [0.25, 0.3) is 0 Å². The van der Waals surface area contributed by atoms with Crippen molar-refractivity contribution in [1.82, 2.24) is 0 Å². The van der Waals surface area contributed by atoms with Crippen molar-refractivity contribution in [3.8, 4) is 0 Å². The highest BCUT2D eigenvalue weighted by atomic mass is 16.3. The number of aliphatic hydroxyl groups is 1. The van der Waals surface area contributed by atoms with Crippen molar-refractivity contribution in [2.24, 2.45) is 17.4 Å². The van der Waals surface area contributed by atoms with Crippen LogP contribution in [0.1, 0.15) is 32.6 Å². The summed E-state index contributed by atoms with van der Waals surface area (Å²) in [5, 5.41) is 10.1. The summed E-state index contributed by atoms with van der Waals surface area (Å²) in [6.07, 6.45) is 3.49. The van der Waals surface area contributed by atoms with Crippen molar-refractivity contribution in [1.29, 1.82) is 0 Å². The summed E-state index contributed by atoms with van der Waals surface area (Å²) in [7, 11) is 0. The molecule has 0 aromatic heterocycles. The monoisotopic (exact) mass is 172 g/mol. The lowest BCUT2D eigenvalue weighted by atomic mass is 9.75. The summed E-state index contributed by atoms with van der Waals surface area (Å²) >= 11 is 0. The van der Waals surface area contributed by atoms with Gasteiger partial charge in [0.1, 0.15) is 0 Å². The predicted octanol–water partition coefficient (Wildman–Crippen LogP) is 0.214. The van der Waals surface area contributed by atoms with Gasteiger partial charge >= 0.3 is 0 Å². The summed E-state index contributed by atoms with van der Waals surface area (Å²) in [5.41, 5.74) is 10.7. The molecule has 1 rings (SSSR count). The fourth-order valence-corrected chi connectivity index (χ4v) is 1.85. The first kappa shape index (κ1) is 9.96.